The topological polar surface area (TPSA) is 58.9 Å². The average molecular weight is 645 g/mol. The van der Waals surface area contributed by atoms with Crippen molar-refractivity contribution >= 4 is 0 Å². The smallest absolute Gasteiger partial charge is 0.344 e. The number of aliphatic hydroxyl groups is 2. The molecule has 2 fully saturated rings. The molecule has 6 nitrogen and oxygen atoms in total. The van der Waals surface area contributed by atoms with Gasteiger partial charge in [-0.2, -0.15) is 26.3 Å². The molecule has 12 heteroatoms. The summed E-state index contributed by atoms with van der Waals surface area (Å²) in [6.45, 7) is 5.14. The van der Waals surface area contributed by atoms with Crippen molar-refractivity contribution in [2.24, 2.45) is 0 Å². The normalized spacial score (nSPS) is 28.3. The highest BCUT2D eigenvalue weighted by Gasteiger charge is 2.41. The van der Waals surface area contributed by atoms with Gasteiger partial charge in [0.05, 0.1) is 53.4 Å². The van der Waals surface area contributed by atoms with Gasteiger partial charge in [0.2, 0.25) is 0 Å². The summed E-state index contributed by atoms with van der Waals surface area (Å²) < 4.78 is 85.9. The third-order valence-electron chi connectivity index (χ3n) is 9.65. The molecule has 45 heavy (non-hydrogen) atoms. The van der Waals surface area contributed by atoms with Crippen molar-refractivity contribution in [3.8, 4) is 11.5 Å². The molecule has 2 aromatic carbocycles. The maximum Gasteiger partial charge on any atom is 0.344 e. The molecule has 4 rings (SSSR count). The maximum atomic E-state index is 13.0. The van der Waals surface area contributed by atoms with Gasteiger partial charge in [0.15, 0.2) is 0 Å². The van der Waals surface area contributed by atoms with Crippen LogP contribution in [0.5, 0.6) is 11.5 Å². The molecule has 0 atom stereocenters. The Kier molecular flexibility index (Phi) is 10.9. The second-order valence-corrected chi connectivity index (χ2v) is 13.0. The standard InChI is InChI=1S/C33H42F6N2O4/c1-40(20-14-32(42,15-21-40)24-6-10-26(11-7-24)44-30(38)28(34)35)18-4-3-5-19-41(2)22-16-33(43,17-23-41)25-8-12-27(13-9-25)45-31(39)29(36)37/h6-13,42-43H,3-5,14-23H2,1-2H3/q+2. The molecule has 0 aliphatic carbocycles. The molecule has 0 radical (unpaired) electrons. The lowest BCUT2D eigenvalue weighted by molar-refractivity contribution is -0.919. The molecule has 2 saturated heterocycles. The van der Waals surface area contributed by atoms with Crippen LogP contribution in [-0.4, -0.2) is 72.5 Å². The van der Waals surface area contributed by atoms with Crippen molar-refractivity contribution < 1.29 is 55.0 Å². The first-order valence-electron chi connectivity index (χ1n) is 15.2. The molecular weight excluding hydrogens is 602 g/mol. The van der Waals surface area contributed by atoms with E-state index in [2.05, 4.69) is 23.6 Å². The van der Waals surface area contributed by atoms with E-state index in [1.807, 2.05) is 0 Å². The molecule has 2 N–H and O–H groups in total. The molecular formula is C33H42F6N2O4+2. The van der Waals surface area contributed by atoms with Gasteiger partial charge < -0.3 is 28.7 Å². The van der Waals surface area contributed by atoms with E-state index in [9.17, 15) is 36.6 Å². The van der Waals surface area contributed by atoms with Crippen molar-refractivity contribution in [3.63, 3.8) is 0 Å². The Bertz CT molecular complexity index is 1240. The minimum absolute atomic E-state index is 0.0652. The maximum absolute atomic E-state index is 13.0. The fourth-order valence-electron chi connectivity index (χ4n) is 6.43. The quantitative estimate of drug-likeness (QED) is 0.111. The summed E-state index contributed by atoms with van der Waals surface area (Å²) in [6.07, 6.45) is 0.307. The van der Waals surface area contributed by atoms with E-state index >= 15 is 0 Å². The molecule has 2 aliphatic heterocycles. The molecule has 2 aromatic rings. The summed E-state index contributed by atoms with van der Waals surface area (Å²) in [5.74, 6) is -0.130. The van der Waals surface area contributed by atoms with Crippen molar-refractivity contribution in [2.45, 2.75) is 56.1 Å². The van der Waals surface area contributed by atoms with E-state index in [4.69, 9.17) is 0 Å². The predicted molar refractivity (Wildman–Crippen MR) is 157 cm³/mol. The zero-order chi connectivity index (χ0) is 32.9. The number of halogens is 6. The van der Waals surface area contributed by atoms with Crippen LogP contribution in [0.3, 0.4) is 0 Å². The largest absolute Gasteiger partial charge is 0.428 e. The SMILES string of the molecule is C[N+]1(CCCCC[N+]2(C)CCC(O)(c3ccc(OC(F)=C(F)F)cc3)CC2)CCC(O)(c2ccc(OC(F)=C(F)F)cc2)CC1. The zero-order valence-electron chi connectivity index (χ0n) is 25.7. The average Bonchev–Trinajstić information content (AvgIpc) is 3.01. The summed E-state index contributed by atoms with van der Waals surface area (Å²) in [7, 11) is 4.39. The van der Waals surface area contributed by atoms with Crippen molar-refractivity contribution in [2.75, 3.05) is 53.4 Å². The predicted octanol–water partition coefficient (Wildman–Crippen LogP) is 7.24. The van der Waals surface area contributed by atoms with Crippen LogP contribution >= 0.6 is 0 Å². The number of hydrogen-bond acceptors (Lipinski definition) is 4. The minimum Gasteiger partial charge on any atom is -0.428 e. The summed E-state index contributed by atoms with van der Waals surface area (Å²) in [5.41, 5.74) is -0.767. The highest BCUT2D eigenvalue weighted by molar-refractivity contribution is 5.33. The van der Waals surface area contributed by atoms with Gasteiger partial charge in [-0.1, -0.05) is 24.3 Å². The summed E-state index contributed by atoms with van der Waals surface area (Å²) in [4.78, 5) is 0. The second-order valence-electron chi connectivity index (χ2n) is 13.0. The first kappa shape index (κ1) is 34.8. The fourth-order valence-corrected chi connectivity index (χ4v) is 6.43. The summed E-state index contributed by atoms with van der Waals surface area (Å²) >= 11 is 0. The Balaban J connectivity index is 1.17. The Labute approximate surface area is 260 Å². The highest BCUT2D eigenvalue weighted by atomic mass is 19.3. The summed E-state index contributed by atoms with van der Waals surface area (Å²) in [5, 5.41) is 22.5. The summed E-state index contributed by atoms with van der Waals surface area (Å²) in [6, 6.07) is 7.98. The van der Waals surface area contributed by atoms with Crippen LogP contribution in [0.25, 0.3) is 0 Å². The molecule has 0 amide bonds. The van der Waals surface area contributed by atoms with E-state index in [0.717, 1.165) is 67.5 Å². The van der Waals surface area contributed by atoms with Crippen LogP contribution in [0.15, 0.2) is 72.7 Å². The van der Waals surface area contributed by atoms with Crippen molar-refractivity contribution in [3.05, 3.63) is 83.8 Å². The van der Waals surface area contributed by atoms with E-state index in [1.165, 1.54) is 24.3 Å². The number of hydrogen-bond donors (Lipinski definition) is 2. The number of likely N-dealkylation sites (tertiary alicyclic amines) is 2. The number of piperidine rings is 2. The van der Waals surface area contributed by atoms with Gasteiger partial charge >= 0.3 is 24.2 Å². The highest BCUT2D eigenvalue weighted by Crippen LogP contribution is 2.38. The van der Waals surface area contributed by atoms with Gasteiger partial charge in [-0.25, -0.2) is 0 Å². The monoisotopic (exact) mass is 644 g/mol. The molecule has 0 unspecified atom stereocenters. The van der Waals surface area contributed by atoms with Crippen LogP contribution in [0.4, 0.5) is 26.3 Å². The molecule has 0 saturated carbocycles. The van der Waals surface area contributed by atoms with Gasteiger partial charge in [-0.15, -0.1) is 0 Å². The van der Waals surface area contributed by atoms with Crippen LogP contribution < -0.4 is 9.47 Å². The minimum atomic E-state index is -2.53. The lowest BCUT2D eigenvalue weighted by Gasteiger charge is -2.45. The number of quaternary nitrogens is 2. The van der Waals surface area contributed by atoms with E-state index in [1.54, 1.807) is 24.3 Å². The van der Waals surface area contributed by atoms with Gasteiger partial charge in [-0.05, 0) is 54.7 Å². The van der Waals surface area contributed by atoms with Gasteiger partial charge in [0.25, 0.3) is 0 Å². The number of ether oxygens (including phenoxy) is 2. The Hall–Kier alpha value is -3.06. The van der Waals surface area contributed by atoms with Crippen LogP contribution in [0.1, 0.15) is 56.1 Å². The number of rotatable bonds is 12. The lowest BCUT2D eigenvalue weighted by Crippen LogP contribution is -2.54. The zero-order valence-corrected chi connectivity index (χ0v) is 25.7. The molecule has 0 aromatic heterocycles. The molecule has 0 bridgehead atoms. The number of benzene rings is 2. The van der Waals surface area contributed by atoms with Crippen LogP contribution in [-0.2, 0) is 11.2 Å². The van der Waals surface area contributed by atoms with E-state index < -0.39 is 35.4 Å². The fraction of sp³-hybridized carbons (Fsp3) is 0.515. The first-order valence-corrected chi connectivity index (χ1v) is 15.2. The number of unbranched alkanes of at least 4 members (excludes halogenated alkanes) is 2. The number of nitrogens with zero attached hydrogens (tertiary/aromatic N) is 2. The Morgan fingerprint density at radius 3 is 1.18 bits per heavy atom. The molecule has 248 valence electrons. The molecule has 2 aliphatic rings. The van der Waals surface area contributed by atoms with Crippen LogP contribution in [0.2, 0.25) is 0 Å². The molecule has 0 spiro atoms. The Morgan fingerprint density at radius 2 is 0.889 bits per heavy atom. The molecule has 2 heterocycles. The third kappa shape index (κ3) is 9.02. The Morgan fingerprint density at radius 1 is 0.578 bits per heavy atom. The van der Waals surface area contributed by atoms with E-state index in [0.29, 0.717) is 36.8 Å². The van der Waals surface area contributed by atoms with Crippen molar-refractivity contribution in [1.82, 2.24) is 0 Å². The third-order valence-corrected chi connectivity index (χ3v) is 9.65. The second kappa shape index (κ2) is 14.1. The van der Waals surface area contributed by atoms with Crippen molar-refractivity contribution in [1.29, 1.82) is 0 Å². The van der Waals surface area contributed by atoms with Crippen LogP contribution in [0, 0.1) is 0 Å². The first-order chi connectivity index (χ1) is 21.1. The van der Waals surface area contributed by atoms with Gasteiger partial charge in [0, 0.05) is 25.7 Å². The van der Waals surface area contributed by atoms with Gasteiger partial charge in [-0.3, -0.25) is 0 Å². The van der Waals surface area contributed by atoms with Gasteiger partial charge in [0.1, 0.15) is 22.7 Å². The van der Waals surface area contributed by atoms with E-state index in [-0.39, 0.29) is 11.5 Å². The lowest BCUT2D eigenvalue weighted by atomic mass is 9.83.